The second-order valence-electron chi connectivity index (χ2n) is 6.58. The van der Waals surface area contributed by atoms with E-state index < -0.39 is 0 Å². The van der Waals surface area contributed by atoms with Crippen LogP contribution < -0.4 is 0 Å². The van der Waals surface area contributed by atoms with Gasteiger partial charge in [0, 0.05) is 12.3 Å². The maximum absolute atomic E-state index is 11.6. The summed E-state index contributed by atoms with van der Waals surface area (Å²) in [5, 5.41) is 0. The molecular weight excluding hydrogens is 200 g/mol. The number of ether oxygens (including phenoxy) is 1. The van der Waals surface area contributed by atoms with E-state index in [1.54, 1.807) is 0 Å². The summed E-state index contributed by atoms with van der Waals surface area (Å²) in [6.07, 6.45) is 5.76. The summed E-state index contributed by atoms with van der Waals surface area (Å²) in [5.41, 5.74) is 0.447. The Labute approximate surface area is 97.7 Å². The molecule has 0 amide bonds. The first-order chi connectivity index (χ1) is 7.50. The van der Waals surface area contributed by atoms with Gasteiger partial charge in [-0.2, -0.15) is 0 Å². The van der Waals surface area contributed by atoms with E-state index in [1.165, 1.54) is 25.7 Å². The third kappa shape index (κ3) is 1.22. The number of carbonyl (C=O) groups is 1. The fourth-order valence-corrected chi connectivity index (χ4v) is 4.72. The molecular formula is C14H22O2. The Balaban J connectivity index is 1.84. The van der Waals surface area contributed by atoms with Crippen molar-refractivity contribution < 1.29 is 9.53 Å². The van der Waals surface area contributed by atoms with Gasteiger partial charge in [-0.05, 0) is 49.9 Å². The van der Waals surface area contributed by atoms with Crippen molar-refractivity contribution in [3.63, 3.8) is 0 Å². The molecule has 0 aromatic carbocycles. The lowest BCUT2D eigenvalue weighted by Crippen LogP contribution is -2.39. The molecule has 0 radical (unpaired) electrons. The average molecular weight is 222 g/mol. The second-order valence-corrected chi connectivity index (χ2v) is 6.58. The highest BCUT2D eigenvalue weighted by atomic mass is 16.6. The molecule has 0 aromatic heterocycles. The van der Waals surface area contributed by atoms with Crippen molar-refractivity contribution in [3.8, 4) is 0 Å². The van der Waals surface area contributed by atoms with Gasteiger partial charge in [0.05, 0.1) is 0 Å². The minimum atomic E-state index is -0.127. The SMILES string of the molecule is CCC(=O)OC1(C)C2CC(C)CC3(C2)CC31. The molecule has 16 heavy (non-hydrogen) atoms. The van der Waals surface area contributed by atoms with Gasteiger partial charge in [-0.15, -0.1) is 0 Å². The Hall–Kier alpha value is -0.530. The maximum atomic E-state index is 11.6. The number of rotatable bonds is 2. The molecule has 2 heteroatoms. The summed E-state index contributed by atoms with van der Waals surface area (Å²) in [6, 6.07) is 0. The van der Waals surface area contributed by atoms with Gasteiger partial charge in [0.15, 0.2) is 0 Å². The van der Waals surface area contributed by atoms with Gasteiger partial charge in [-0.25, -0.2) is 0 Å². The van der Waals surface area contributed by atoms with Crippen LogP contribution in [-0.4, -0.2) is 11.6 Å². The minimum Gasteiger partial charge on any atom is -0.459 e. The first-order valence-electron chi connectivity index (χ1n) is 6.72. The molecule has 5 unspecified atom stereocenters. The zero-order chi connectivity index (χ0) is 11.6. The van der Waals surface area contributed by atoms with Gasteiger partial charge in [-0.1, -0.05) is 13.8 Å². The highest BCUT2D eigenvalue weighted by molar-refractivity contribution is 5.69. The summed E-state index contributed by atoms with van der Waals surface area (Å²) in [6.45, 7) is 6.44. The zero-order valence-electron chi connectivity index (χ0n) is 10.6. The van der Waals surface area contributed by atoms with Crippen LogP contribution in [0.5, 0.6) is 0 Å². The minimum absolute atomic E-state index is 0.00949. The Morgan fingerprint density at radius 1 is 1.38 bits per heavy atom. The topological polar surface area (TPSA) is 26.3 Å². The highest BCUT2D eigenvalue weighted by Crippen LogP contribution is 2.76. The van der Waals surface area contributed by atoms with Crippen LogP contribution in [0.15, 0.2) is 0 Å². The maximum Gasteiger partial charge on any atom is 0.306 e. The van der Waals surface area contributed by atoms with Gasteiger partial charge in [0.2, 0.25) is 0 Å². The van der Waals surface area contributed by atoms with Crippen molar-refractivity contribution in [2.24, 2.45) is 23.2 Å². The van der Waals surface area contributed by atoms with Crippen molar-refractivity contribution in [2.75, 3.05) is 0 Å². The Bertz CT molecular complexity index is 338. The van der Waals surface area contributed by atoms with Crippen LogP contribution in [0, 0.1) is 23.2 Å². The molecule has 1 spiro atoms. The molecule has 0 heterocycles. The van der Waals surface area contributed by atoms with Crippen molar-refractivity contribution in [2.45, 2.75) is 58.5 Å². The normalized spacial score (nSPS) is 53.3. The molecule has 3 aliphatic rings. The van der Waals surface area contributed by atoms with E-state index >= 15 is 0 Å². The van der Waals surface area contributed by atoms with E-state index in [0.29, 0.717) is 23.7 Å². The van der Waals surface area contributed by atoms with Gasteiger partial charge in [0.1, 0.15) is 5.60 Å². The van der Waals surface area contributed by atoms with Crippen molar-refractivity contribution in [1.29, 1.82) is 0 Å². The predicted octanol–water partition coefficient (Wildman–Crippen LogP) is 3.15. The summed E-state index contributed by atoms with van der Waals surface area (Å²) < 4.78 is 5.82. The number of esters is 1. The van der Waals surface area contributed by atoms with Crippen LogP contribution in [0.2, 0.25) is 0 Å². The monoisotopic (exact) mass is 222 g/mol. The molecule has 90 valence electrons. The average Bonchev–Trinajstić information content (AvgIpc) is 2.86. The third-order valence-electron chi connectivity index (χ3n) is 5.41. The van der Waals surface area contributed by atoms with Gasteiger partial charge in [0.25, 0.3) is 0 Å². The van der Waals surface area contributed by atoms with Crippen LogP contribution in [-0.2, 0) is 9.53 Å². The van der Waals surface area contributed by atoms with E-state index in [-0.39, 0.29) is 11.6 Å². The highest BCUT2D eigenvalue weighted by Gasteiger charge is 2.73. The van der Waals surface area contributed by atoms with E-state index in [0.717, 1.165) is 5.92 Å². The Morgan fingerprint density at radius 2 is 2.12 bits per heavy atom. The Morgan fingerprint density at radius 3 is 2.81 bits per heavy atom. The summed E-state index contributed by atoms with van der Waals surface area (Å²) in [4.78, 5) is 11.6. The molecule has 0 saturated heterocycles. The number of carbonyl (C=O) groups excluding carboxylic acids is 1. The lowest BCUT2D eigenvalue weighted by Gasteiger charge is -2.37. The number of hydrogen-bond donors (Lipinski definition) is 0. The molecule has 3 fully saturated rings. The standard InChI is InChI=1S/C14H22O2/c1-4-12(15)16-13(3)10-5-9(2)6-14(7-10)8-11(13)14/h9-11H,4-8H2,1-3H3. The van der Waals surface area contributed by atoms with Crippen LogP contribution in [0.4, 0.5) is 0 Å². The van der Waals surface area contributed by atoms with Crippen molar-refractivity contribution in [1.82, 2.24) is 0 Å². The molecule has 2 nitrogen and oxygen atoms in total. The molecule has 0 aromatic rings. The van der Waals surface area contributed by atoms with Crippen molar-refractivity contribution >= 4 is 5.97 Å². The van der Waals surface area contributed by atoms with Crippen LogP contribution in [0.1, 0.15) is 52.9 Å². The molecule has 3 saturated carbocycles. The van der Waals surface area contributed by atoms with E-state index in [2.05, 4.69) is 13.8 Å². The van der Waals surface area contributed by atoms with Crippen LogP contribution in [0.25, 0.3) is 0 Å². The lowest BCUT2D eigenvalue weighted by atomic mass is 9.74. The largest absolute Gasteiger partial charge is 0.459 e. The first-order valence-corrected chi connectivity index (χ1v) is 6.72. The zero-order valence-corrected chi connectivity index (χ0v) is 10.6. The fourth-order valence-electron chi connectivity index (χ4n) is 4.72. The molecule has 0 aliphatic heterocycles. The molecule has 2 bridgehead atoms. The van der Waals surface area contributed by atoms with E-state index in [1.807, 2.05) is 6.92 Å². The third-order valence-corrected chi connectivity index (χ3v) is 5.41. The Kier molecular flexibility index (Phi) is 2.01. The number of hydrogen-bond acceptors (Lipinski definition) is 2. The summed E-state index contributed by atoms with van der Waals surface area (Å²) in [7, 11) is 0. The van der Waals surface area contributed by atoms with Gasteiger partial charge in [-0.3, -0.25) is 4.79 Å². The molecule has 3 rings (SSSR count). The molecule has 0 N–H and O–H groups in total. The van der Waals surface area contributed by atoms with Crippen molar-refractivity contribution in [3.05, 3.63) is 0 Å². The van der Waals surface area contributed by atoms with Gasteiger partial charge >= 0.3 is 5.97 Å². The number of fused-ring (bicyclic) bond motifs is 1. The van der Waals surface area contributed by atoms with Crippen LogP contribution >= 0.6 is 0 Å². The fraction of sp³-hybridized carbons (Fsp3) is 0.929. The molecule has 5 atom stereocenters. The smallest absolute Gasteiger partial charge is 0.306 e. The quantitative estimate of drug-likeness (QED) is 0.671. The van der Waals surface area contributed by atoms with E-state index in [4.69, 9.17) is 4.74 Å². The first kappa shape index (κ1) is 10.6. The summed E-state index contributed by atoms with van der Waals surface area (Å²) in [5.74, 6) is 2.12. The predicted molar refractivity (Wildman–Crippen MR) is 61.8 cm³/mol. The summed E-state index contributed by atoms with van der Waals surface area (Å²) >= 11 is 0. The lowest BCUT2D eigenvalue weighted by molar-refractivity contribution is -0.164. The molecule has 3 aliphatic carbocycles. The van der Waals surface area contributed by atoms with Crippen LogP contribution in [0.3, 0.4) is 0 Å². The second kappa shape index (κ2) is 3.02. The van der Waals surface area contributed by atoms with Gasteiger partial charge < -0.3 is 4.74 Å². The van der Waals surface area contributed by atoms with E-state index in [9.17, 15) is 4.79 Å².